The van der Waals surface area contributed by atoms with Gasteiger partial charge in [-0.3, -0.25) is 0 Å². The highest BCUT2D eigenvalue weighted by Gasteiger charge is 2.06. The Hall–Kier alpha value is -0.930. The lowest BCUT2D eigenvalue weighted by molar-refractivity contribution is 0.0743. The number of benzene rings is 1. The van der Waals surface area contributed by atoms with E-state index in [4.69, 9.17) is 4.74 Å². The minimum absolute atomic E-state index is 0.169. The molecule has 0 radical (unpaired) electrons. The number of ether oxygens (including phenoxy) is 1. The fourth-order valence-electron chi connectivity index (χ4n) is 1.80. The second kappa shape index (κ2) is 7.41. The van der Waals surface area contributed by atoms with Crippen LogP contribution in [-0.4, -0.2) is 25.3 Å². The van der Waals surface area contributed by atoms with Crippen LogP contribution in [0.25, 0.3) is 0 Å². The Labute approximate surface area is 103 Å². The summed E-state index contributed by atoms with van der Waals surface area (Å²) in [6.07, 6.45) is 1.05. The number of hydrogen-bond donors (Lipinski definition) is 1. The van der Waals surface area contributed by atoms with Crippen molar-refractivity contribution < 1.29 is 9.13 Å². The molecular formula is C14H22FNO. The predicted molar refractivity (Wildman–Crippen MR) is 68.7 cm³/mol. The molecule has 0 aliphatic heterocycles. The molecule has 1 N–H and O–H groups in total. The largest absolute Gasteiger partial charge is 0.377 e. The molecule has 0 bridgehead atoms. The summed E-state index contributed by atoms with van der Waals surface area (Å²) >= 11 is 0. The van der Waals surface area contributed by atoms with Crippen LogP contribution in [0, 0.1) is 5.82 Å². The van der Waals surface area contributed by atoms with E-state index in [9.17, 15) is 4.39 Å². The molecule has 0 saturated heterocycles. The molecule has 0 amide bonds. The first-order valence-corrected chi connectivity index (χ1v) is 6.21. The molecule has 0 heterocycles. The number of rotatable bonds is 7. The van der Waals surface area contributed by atoms with Crippen molar-refractivity contribution in [1.82, 2.24) is 5.32 Å². The number of halogens is 1. The van der Waals surface area contributed by atoms with Crippen molar-refractivity contribution in [1.29, 1.82) is 0 Å². The molecule has 2 unspecified atom stereocenters. The van der Waals surface area contributed by atoms with Crippen LogP contribution in [0.3, 0.4) is 0 Å². The molecular weight excluding hydrogens is 217 g/mol. The average molecular weight is 239 g/mol. The van der Waals surface area contributed by atoms with E-state index in [1.165, 1.54) is 6.07 Å². The van der Waals surface area contributed by atoms with Gasteiger partial charge in [0.25, 0.3) is 0 Å². The Bertz CT molecular complexity index is 330. The Morgan fingerprint density at radius 2 is 2.12 bits per heavy atom. The topological polar surface area (TPSA) is 21.3 Å². The zero-order chi connectivity index (χ0) is 12.7. The Balaban J connectivity index is 2.32. The first kappa shape index (κ1) is 14.1. The molecule has 0 fully saturated rings. The minimum atomic E-state index is -0.169. The summed E-state index contributed by atoms with van der Waals surface area (Å²) in [6.45, 7) is 7.70. The van der Waals surface area contributed by atoms with E-state index in [1.54, 1.807) is 12.1 Å². The first-order valence-electron chi connectivity index (χ1n) is 6.21. The van der Waals surface area contributed by atoms with Crippen LogP contribution in [0.1, 0.15) is 26.3 Å². The van der Waals surface area contributed by atoms with Gasteiger partial charge in [0, 0.05) is 19.2 Å². The van der Waals surface area contributed by atoms with Gasteiger partial charge in [-0.05, 0) is 44.9 Å². The van der Waals surface area contributed by atoms with Crippen LogP contribution in [0.2, 0.25) is 0 Å². The summed E-state index contributed by atoms with van der Waals surface area (Å²) in [5.41, 5.74) is 1.02. The van der Waals surface area contributed by atoms with Crippen LogP contribution in [-0.2, 0) is 11.2 Å². The first-order chi connectivity index (χ1) is 8.11. The van der Waals surface area contributed by atoms with E-state index >= 15 is 0 Å². The van der Waals surface area contributed by atoms with Gasteiger partial charge < -0.3 is 10.1 Å². The third-order valence-corrected chi connectivity index (χ3v) is 2.64. The molecule has 0 aliphatic rings. The summed E-state index contributed by atoms with van der Waals surface area (Å²) < 4.78 is 18.4. The van der Waals surface area contributed by atoms with Gasteiger partial charge >= 0.3 is 0 Å². The number of hydrogen-bond acceptors (Lipinski definition) is 2. The highest BCUT2D eigenvalue weighted by Crippen LogP contribution is 2.06. The van der Waals surface area contributed by atoms with Crippen LogP contribution in [0.15, 0.2) is 24.3 Å². The maximum absolute atomic E-state index is 13.0. The van der Waals surface area contributed by atoms with Gasteiger partial charge in [-0.1, -0.05) is 12.1 Å². The van der Waals surface area contributed by atoms with E-state index in [0.717, 1.165) is 25.1 Å². The smallest absolute Gasteiger partial charge is 0.123 e. The van der Waals surface area contributed by atoms with Crippen molar-refractivity contribution in [3.8, 4) is 0 Å². The molecule has 1 aromatic rings. The average Bonchev–Trinajstić information content (AvgIpc) is 2.27. The Morgan fingerprint density at radius 1 is 1.35 bits per heavy atom. The van der Waals surface area contributed by atoms with Crippen LogP contribution < -0.4 is 5.32 Å². The zero-order valence-electron chi connectivity index (χ0n) is 10.9. The number of nitrogens with one attached hydrogen (secondary N) is 1. The second-order valence-electron chi connectivity index (χ2n) is 4.41. The summed E-state index contributed by atoms with van der Waals surface area (Å²) in [7, 11) is 0. The van der Waals surface area contributed by atoms with Gasteiger partial charge in [0.15, 0.2) is 0 Å². The van der Waals surface area contributed by atoms with Crippen molar-refractivity contribution in [3.05, 3.63) is 35.6 Å². The maximum Gasteiger partial charge on any atom is 0.123 e. The van der Waals surface area contributed by atoms with Gasteiger partial charge in [-0.15, -0.1) is 0 Å². The monoisotopic (exact) mass is 239 g/mol. The fourth-order valence-corrected chi connectivity index (χ4v) is 1.80. The van der Waals surface area contributed by atoms with Gasteiger partial charge in [-0.2, -0.15) is 0 Å². The summed E-state index contributed by atoms with van der Waals surface area (Å²) in [6, 6.07) is 7.08. The van der Waals surface area contributed by atoms with Gasteiger partial charge in [-0.25, -0.2) is 4.39 Å². The minimum Gasteiger partial charge on any atom is -0.377 e. The summed E-state index contributed by atoms with van der Waals surface area (Å²) in [5.74, 6) is -0.169. The molecule has 0 spiro atoms. The standard InChI is InChI=1S/C14H22FNO/c1-4-17-12(3)10-16-11(2)8-13-6-5-7-14(15)9-13/h5-7,9,11-12,16H,4,8,10H2,1-3H3. The highest BCUT2D eigenvalue weighted by molar-refractivity contribution is 5.17. The molecule has 0 aliphatic carbocycles. The normalized spacial score (nSPS) is 14.6. The van der Waals surface area contributed by atoms with Crippen LogP contribution >= 0.6 is 0 Å². The summed E-state index contributed by atoms with van der Waals surface area (Å²) in [4.78, 5) is 0. The third kappa shape index (κ3) is 5.80. The third-order valence-electron chi connectivity index (χ3n) is 2.64. The lowest BCUT2D eigenvalue weighted by atomic mass is 10.1. The van der Waals surface area contributed by atoms with E-state index in [2.05, 4.69) is 12.2 Å². The Kier molecular flexibility index (Phi) is 6.16. The fraction of sp³-hybridized carbons (Fsp3) is 0.571. The SMILES string of the molecule is CCOC(C)CNC(C)Cc1cccc(F)c1. The molecule has 2 atom stereocenters. The molecule has 1 aromatic carbocycles. The summed E-state index contributed by atoms with van der Waals surface area (Å²) in [5, 5.41) is 3.39. The van der Waals surface area contributed by atoms with Crippen molar-refractivity contribution in [2.45, 2.75) is 39.3 Å². The van der Waals surface area contributed by atoms with E-state index in [1.807, 2.05) is 19.9 Å². The van der Waals surface area contributed by atoms with Crippen molar-refractivity contribution >= 4 is 0 Å². The van der Waals surface area contributed by atoms with Crippen LogP contribution in [0.4, 0.5) is 4.39 Å². The lowest BCUT2D eigenvalue weighted by Gasteiger charge is -2.17. The van der Waals surface area contributed by atoms with Crippen molar-refractivity contribution in [2.75, 3.05) is 13.2 Å². The van der Waals surface area contributed by atoms with Gasteiger partial charge in [0.05, 0.1) is 6.10 Å². The molecule has 17 heavy (non-hydrogen) atoms. The van der Waals surface area contributed by atoms with Crippen molar-refractivity contribution in [3.63, 3.8) is 0 Å². The van der Waals surface area contributed by atoms with E-state index in [0.29, 0.717) is 6.04 Å². The van der Waals surface area contributed by atoms with E-state index < -0.39 is 0 Å². The molecule has 2 nitrogen and oxygen atoms in total. The van der Waals surface area contributed by atoms with Gasteiger partial charge in [0.1, 0.15) is 5.82 Å². The van der Waals surface area contributed by atoms with Crippen molar-refractivity contribution in [2.24, 2.45) is 0 Å². The quantitative estimate of drug-likeness (QED) is 0.790. The predicted octanol–water partition coefficient (Wildman–Crippen LogP) is 2.77. The zero-order valence-corrected chi connectivity index (χ0v) is 10.9. The second-order valence-corrected chi connectivity index (χ2v) is 4.41. The molecule has 0 saturated carbocycles. The van der Waals surface area contributed by atoms with Gasteiger partial charge in [0.2, 0.25) is 0 Å². The van der Waals surface area contributed by atoms with E-state index in [-0.39, 0.29) is 11.9 Å². The highest BCUT2D eigenvalue weighted by atomic mass is 19.1. The maximum atomic E-state index is 13.0. The molecule has 0 aromatic heterocycles. The Morgan fingerprint density at radius 3 is 2.76 bits per heavy atom. The van der Waals surface area contributed by atoms with Crippen LogP contribution in [0.5, 0.6) is 0 Å². The lowest BCUT2D eigenvalue weighted by Crippen LogP contribution is -2.35. The molecule has 3 heteroatoms. The molecule has 96 valence electrons. The molecule has 1 rings (SSSR count).